The molecule has 2 aromatic rings. The van der Waals surface area contributed by atoms with E-state index in [0.29, 0.717) is 27.7 Å². The van der Waals surface area contributed by atoms with Gasteiger partial charge < -0.3 is 5.73 Å². The van der Waals surface area contributed by atoms with E-state index in [1.54, 1.807) is 26.0 Å². The molecule has 0 unspecified atom stereocenters. The average molecular weight is 254 g/mol. The van der Waals surface area contributed by atoms with E-state index in [1.165, 1.54) is 10.7 Å². The second kappa shape index (κ2) is 4.47. The van der Waals surface area contributed by atoms with Gasteiger partial charge in [0, 0.05) is 6.54 Å². The fraction of sp³-hybridized carbons (Fsp3) is 0.250. The van der Waals surface area contributed by atoms with E-state index in [2.05, 4.69) is 5.10 Å². The summed E-state index contributed by atoms with van der Waals surface area (Å²) < 4.78 is 15.4. The lowest BCUT2D eigenvalue weighted by Gasteiger charge is -2.10. The Labute approximate surface area is 104 Å². The zero-order chi connectivity index (χ0) is 12.6. The van der Waals surface area contributed by atoms with Gasteiger partial charge in [-0.25, -0.2) is 9.07 Å². The van der Waals surface area contributed by atoms with E-state index in [0.717, 1.165) is 0 Å². The predicted molar refractivity (Wildman–Crippen MR) is 65.9 cm³/mol. The van der Waals surface area contributed by atoms with Gasteiger partial charge in [-0.05, 0) is 25.5 Å². The molecule has 0 saturated carbocycles. The van der Waals surface area contributed by atoms with Crippen LogP contribution in [0.1, 0.15) is 17.0 Å². The number of nitrogens with two attached hydrogens (primary N) is 1. The first-order chi connectivity index (χ1) is 8.06. The Bertz CT molecular complexity index is 563. The number of hydrogen-bond donors (Lipinski definition) is 1. The molecule has 0 radical (unpaired) electrons. The van der Waals surface area contributed by atoms with Crippen LogP contribution in [0, 0.1) is 19.7 Å². The summed E-state index contributed by atoms with van der Waals surface area (Å²) in [6, 6.07) is 4.80. The molecule has 0 saturated heterocycles. The first-order valence-electron chi connectivity index (χ1n) is 5.25. The third-order valence-corrected chi connectivity index (χ3v) is 3.25. The summed E-state index contributed by atoms with van der Waals surface area (Å²) in [4.78, 5) is 0. The second-order valence-corrected chi connectivity index (χ2v) is 4.23. The highest BCUT2D eigenvalue weighted by atomic mass is 35.5. The van der Waals surface area contributed by atoms with Gasteiger partial charge in [-0.3, -0.25) is 0 Å². The Kier molecular flexibility index (Phi) is 3.17. The molecule has 1 aromatic carbocycles. The standard InChI is InChI=1S/C12H13ClFN3/c1-7-11(13)8(2)17(16-7)12-9(6-15)4-3-5-10(12)14/h3-5H,6,15H2,1-2H3. The Balaban J connectivity index is 2.72. The first-order valence-corrected chi connectivity index (χ1v) is 5.63. The highest BCUT2D eigenvalue weighted by molar-refractivity contribution is 6.31. The minimum atomic E-state index is -0.352. The molecule has 2 rings (SSSR count). The number of para-hydroxylation sites is 1. The van der Waals surface area contributed by atoms with Crippen LogP contribution < -0.4 is 5.73 Å². The lowest BCUT2D eigenvalue weighted by Crippen LogP contribution is -2.09. The molecule has 2 N–H and O–H groups in total. The maximum atomic E-state index is 13.9. The van der Waals surface area contributed by atoms with Crippen molar-refractivity contribution in [3.63, 3.8) is 0 Å². The van der Waals surface area contributed by atoms with Crippen LogP contribution in [-0.4, -0.2) is 9.78 Å². The zero-order valence-corrected chi connectivity index (χ0v) is 10.4. The molecular weight excluding hydrogens is 241 g/mol. The van der Waals surface area contributed by atoms with E-state index in [-0.39, 0.29) is 12.4 Å². The first kappa shape index (κ1) is 12.1. The van der Waals surface area contributed by atoms with Crippen molar-refractivity contribution < 1.29 is 4.39 Å². The largest absolute Gasteiger partial charge is 0.326 e. The Morgan fingerprint density at radius 1 is 1.41 bits per heavy atom. The maximum absolute atomic E-state index is 13.9. The van der Waals surface area contributed by atoms with Crippen molar-refractivity contribution in [1.29, 1.82) is 0 Å². The fourth-order valence-electron chi connectivity index (χ4n) is 1.80. The van der Waals surface area contributed by atoms with E-state index < -0.39 is 0 Å². The molecule has 17 heavy (non-hydrogen) atoms. The summed E-state index contributed by atoms with van der Waals surface area (Å²) in [5.74, 6) is -0.352. The fourth-order valence-corrected chi connectivity index (χ4v) is 1.92. The van der Waals surface area contributed by atoms with Crippen LogP contribution in [0.5, 0.6) is 0 Å². The molecule has 0 fully saturated rings. The van der Waals surface area contributed by atoms with Gasteiger partial charge in [0.25, 0.3) is 0 Å². The molecule has 0 aliphatic rings. The SMILES string of the molecule is Cc1nn(-c2c(F)cccc2CN)c(C)c1Cl. The molecule has 5 heteroatoms. The summed E-state index contributed by atoms with van der Waals surface area (Å²) in [6.07, 6.45) is 0. The second-order valence-electron chi connectivity index (χ2n) is 3.85. The molecule has 0 atom stereocenters. The normalized spacial score (nSPS) is 10.9. The van der Waals surface area contributed by atoms with Gasteiger partial charge in [-0.15, -0.1) is 0 Å². The smallest absolute Gasteiger partial charge is 0.149 e. The van der Waals surface area contributed by atoms with Gasteiger partial charge in [-0.2, -0.15) is 5.10 Å². The number of nitrogens with zero attached hydrogens (tertiary/aromatic N) is 2. The molecule has 0 amide bonds. The summed E-state index contributed by atoms with van der Waals surface area (Å²) in [7, 11) is 0. The molecule has 0 spiro atoms. The Hall–Kier alpha value is -1.39. The van der Waals surface area contributed by atoms with Crippen molar-refractivity contribution in [3.8, 4) is 5.69 Å². The van der Waals surface area contributed by atoms with Crippen LogP contribution in [-0.2, 0) is 6.54 Å². The van der Waals surface area contributed by atoms with Crippen LogP contribution in [0.3, 0.4) is 0 Å². The predicted octanol–water partition coefficient (Wildman–Crippen LogP) is 2.74. The van der Waals surface area contributed by atoms with Gasteiger partial charge in [0.05, 0.1) is 16.4 Å². The topological polar surface area (TPSA) is 43.8 Å². The third kappa shape index (κ3) is 1.94. The molecule has 0 bridgehead atoms. The Morgan fingerprint density at radius 3 is 2.65 bits per heavy atom. The molecule has 1 heterocycles. The minimum Gasteiger partial charge on any atom is -0.326 e. The van der Waals surface area contributed by atoms with Crippen molar-refractivity contribution in [3.05, 3.63) is 46.0 Å². The van der Waals surface area contributed by atoms with E-state index in [4.69, 9.17) is 17.3 Å². The zero-order valence-electron chi connectivity index (χ0n) is 9.67. The van der Waals surface area contributed by atoms with Crippen molar-refractivity contribution in [2.75, 3.05) is 0 Å². The lowest BCUT2D eigenvalue weighted by atomic mass is 10.1. The average Bonchev–Trinajstić information content (AvgIpc) is 2.56. The molecule has 3 nitrogen and oxygen atoms in total. The highest BCUT2D eigenvalue weighted by Gasteiger charge is 2.16. The van der Waals surface area contributed by atoms with Crippen LogP contribution in [0.15, 0.2) is 18.2 Å². The van der Waals surface area contributed by atoms with E-state index >= 15 is 0 Å². The third-order valence-electron chi connectivity index (χ3n) is 2.71. The van der Waals surface area contributed by atoms with Crippen LogP contribution in [0.2, 0.25) is 5.02 Å². The van der Waals surface area contributed by atoms with Gasteiger partial charge in [0.2, 0.25) is 0 Å². The number of rotatable bonds is 2. The summed E-state index contributed by atoms with van der Waals surface area (Å²) in [5.41, 5.74) is 8.08. The van der Waals surface area contributed by atoms with Crippen LogP contribution >= 0.6 is 11.6 Å². The Morgan fingerprint density at radius 2 is 2.12 bits per heavy atom. The van der Waals surface area contributed by atoms with Gasteiger partial charge in [-0.1, -0.05) is 23.7 Å². The monoisotopic (exact) mass is 253 g/mol. The molecule has 0 aliphatic carbocycles. The van der Waals surface area contributed by atoms with E-state index in [1.807, 2.05) is 0 Å². The highest BCUT2D eigenvalue weighted by Crippen LogP contribution is 2.25. The minimum absolute atomic E-state index is 0.253. The van der Waals surface area contributed by atoms with Crippen molar-refractivity contribution in [2.24, 2.45) is 5.73 Å². The number of aryl methyl sites for hydroxylation is 1. The van der Waals surface area contributed by atoms with Gasteiger partial charge in [0.15, 0.2) is 0 Å². The van der Waals surface area contributed by atoms with Crippen molar-refractivity contribution in [1.82, 2.24) is 9.78 Å². The summed E-state index contributed by atoms with van der Waals surface area (Å²) in [5, 5.41) is 4.79. The van der Waals surface area contributed by atoms with Crippen molar-refractivity contribution >= 4 is 11.6 Å². The lowest BCUT2D eigenvalue weighted by molar-refractivity contribution is 0.604. The van der Waals surface area contributed by atoms with Crippen LogP contribution in [0.25, 0.3) is 5.69 Å². The molecule has 1 aromatic heterocycles. The molecular formula is C12H13ClFN3. The summed E-state index contributed by atoms with van der Waals surface area (Å²) in [6.45, 7) is 3.84. The van der Waals surface area contributed by atoms with Crippen molar-refractivity contribution in [2.45, 2.75) is 20.4 Å². The molecule has 90 valence electrons. The van der Waals surface area contributed by atoms with E-state index in [9.17, 15) is 4.39 Å². The molecule has 0 aliphatic heterocycles. The number of benzene rings is 1. The van der Waals surface area contributed by atoms with Crippen LogP contribution in [0.4, 0.5) is 4.39 Å². The number of halogens is 2. The number of hydrogen-bond acceptors (Lipinski definition) is 2. The number of aromatic nitrogens is 2. The van der Waals surface area contributed by atoms with Gasteiger partial charge >= 0.3 is 0 Å². The maximum Gasteiger partial charge on any atom is 0.149 e. The van der Waals surface area contributed by atoms with Gasteiger partial charge in [0.1, 0.15) is 11.5 Å². The quantitative estimate of drug-likeness (QED) is 0.894. The summed E-state index contributed by atoms with van der Waals surface area (Å²) >= 11 is 6.06.